The minimum Gasteiger partial charge on any atom is -0.454 e. The SMILES string of the molecule is CSc1ccccc1NC(=O)COC(=O)CN1C(=O)c2ccccc2C1=O. The molecule has 1 N–H and O–H groups in total. The van der Waals surface area contributed by atoms with Crippen molar-refractivity contribution in [3.8, 4) is 0 Å². The molecule has 8 heteroatoms. The van der Waals surface area contributed by atoms with Crippen LogP contribution in [0.4, 0.5) is 5.69 Å². The molecule has 0 aromatic heterocycles. The molecule has 138 valence electrons. The highest BCUT2D eigenvalue weighted by molar-refractivity contribution is 7.98. The molecule has 0 fully saturated rings. The van der Waals surface area contributed by atoms with E-state index >= 15 is 0 Å². The van der Waals surface area contributed by atoms with Crippen LogP contribution in [0.2, 0.25) is 0 Å². The molecule has 0 atom stereocenters. The van der Waals surface area contributed by atoms with Gasteiger partial charge in [-0.25, -0.2) is 0 Å². The van der Waals surface area contributed by atoms with Crippen LogP contribution in [0.25, 0.3) is 0 Å². The number of rotatable bonds is 6. The fourth-order valence-electron chi connectivity index (χ4n) is 2.64. The Kier molecular flexibility index (Phi) is 5.56. The molecule has 27 heavy (non-hydrogen) atoms. The van der Waals surface area contributed by atoms with Gasteiger partial charge in [0, 0.05) is 4.90 Å². The number of anilines is 1. The number of nitrogens with one attached hydrogen (secondary N) is 1. The number of ether oxygens (including phenoxy) is 1. The second-order valence-electron chi connectivity index (χ2n) is 5.65. The van der Waals surface area contributed by atoms with E-state index < -0.39 is 36.8 Å². The molecule has 0 saturated carbocycles. The van der Waals surface area contributed by atoms with E-state index in [1.54, 1.807) is 24.3 Å². The van der Waals surface area contributed by atoms with Crippen LogP contribution >= 0.6 is 11.8 Å². The molecule has 0 spiro atoms. The van der Waals surface area contributed by atoms with Crippen molar-refractivity contribution >= 4 is 41.1 Å². The summed E-state index contributed by atoms with van der Waals surface area (Å²) < 4.78 is 4.90. The number of benzene rings is 2. The molecule has 3 amide bonds. The number of thioether (sulfide) groups is 1. The molecule has 0 unspecified atom stereocenters. The van der Waals surface area contributed by atoms with Crippen molar-refractivity contribution < 1.29 is 23.9 Å². The lowest BCUT2D eigenvalue weighted by atomic mass is 10.1. The van der Waals surface area contributed by atoms with Gasteiger partial charge < -0.3 is 10.1 Å². The normalized spacial score (nSPS) is 12.7. The molecule has 1 heterocycles. The van der Waals surface area contributed by atoms with Gasteiger partial charge in [0.2, 0.25) is 0 Å². The fraction of sp³-hybridized carbons (Fsp3) is 0.158. The van der Waals surface area contributed by atoms with Gasteiger partial charge in [-0.3, -0.25) is 24.1 Å². The van der Waals surface area contributed by atoms with E-state index in [0.29, 0.717) is 5.69 Å². The number of fused-ring (bicyclic) bond motifs is 1. The van der Waals surface area contributed by atoms with Crippen molar-refractivity contribution in [2.45, 2.75) is 4.90 Å². The summed E-state index contributed by atoms with van der Waals surface area (Å²) >= 11 is 1.47. The van der Waals surface area contributed by atoms with Gasteiger partial charge in [-0.15, -0.1) is 11.8 Å². The monoisotopic (exact) mass is 384 g/mol. The topological polar surface area (TPSA) is 92.8 Å². The number of imide groups is 1. The maximum absolute atomic E-state index is 12.2. The predicted molar refractivity (Wildman–Crippen MR) is 99.6 cm³/mol. The van der Waals surface area contributed by atoms with Crippen LogP contribution in [0.5, 0.6) is 0 Å². The van der Waals surface area contributed by atoms with E-state index in [9.17, 15) is 19.2 Å². The molecule has 3 rings (SSSR count). The lowest BCUT2D eigenvalue weighted by Gasteiger charge is -2.13. The molecule has 2 aromatic rings. The standard InChI is InChI=1S/C19H16N2O5S/c1-27-15-9-5-4-8-14(15)20-16(22)11-26-17(23)10-21-18(24)12-6-2-3-7-13(12)19(21)25/h2-9H,10-11H2,1H3,(H,20,22). The van der Waals surface area contributed by atoms with Gasteiger partial charge >= 0.3 is 5.97 Å². The third-order valence-corrected chi connectivity index (χ3v) is 4.71. The summed E-state index contributed by atoms with van der Waals surface area (Å²) in [7, 11) is 0. The highest BCUT2D eigenvalue weighted by Gasteiger charge is 2.36. The zero-order chi connectivity index (χ0) is 19.4. The number of hydrogen-bond acceptors (Lipinski definition) is 6. The Morgan fingerprint density at radius 3 is 2.22 bits per heavy atom. The second-order valence-corrected chi connectivity index (χ2v) is 6.50. The highest BCUT2D eigenvalue weighted by Crippen LogP contribution is 2.24. The first kappa shape index (κ1) is 18.7. The quantitative estimate of drug-likeness (QED) is 0.466. The summed E-state index contributed by atoms with van der Waals surface area (Å²) in [5.74, 6) is -2.44. The Morgan fingerprint density at radius 2 is 1.59 bits per heavy atom. The Bertz CT molecular complexity index is 893. The van der Waals surface area contributed by atoms with E-state index in [1.807, 2.05) is 18.4 Å². The van der Waals surface area contributed by atoms with Crippen LogP contribution in [0.1, 0.15) is 20.7 Å². The van der Waals surface area contributed by atoms with Gasteiger partial charge in [-0.2, -0.15) is 0 Å². The van der Waals surface area contributed by atoms with Gasteiger partial charge in [0.05, 0.1) is 16.8 Å². The Hall–Kier alpha value is -3.13. The smallest absolute Gasteiger partial charge is 0.326 e. The first-order valence-electron chi connectivity index (χ1n) is 8.05. The summed E-state index contributed by atoms with van der Waals surface area (Å²) in [6.07, 6.45) is 1.88. The largest absolute Gasteiger partial charge is 0.454 e. The molecule has 2 aromatic carbocycles. The molecule has 1 aliphatic heterocycles. The van der Waals surface area contributed by atoms with Crippen LogP contribution in [0, 0.1) is 0 Å². The summed E-state index contributed by atoms with van der Waals surface area (Å²) in [5.41, 5.74) is 1.12. The van der Waals surface area contributed by atoms with Crippen molar-refractivity contribution in [1.82, 2.24) is 4.90 Å². The van der Waals surface area contributed by atoms with Gasteiger partial charge in [0.1, 0.15) is 6.54 Å². The second kappa shape index (κ2) is 8.05. The molecular weight excluding hydrogens is 368 g/mol. The van der Waals surface area contributed by atoms with E-state index in [4.69, 9.17) is 4.74 Å². The van der Waals surface area contributed by atoms with E-state index in [2.05, 4.69) is 5.32 Å². The van der Waals surface area contributed by atoms with E-state index in [0.717, 1.165) is 9.80 Å². The number of carbonyl (C=O) groups excluding carboxylic acids is 4. The number of esters is 1. The van der Waals surface area contributed by atoms with E-state index in [1.165, 1.54) is 23.9 Å². The maximum atomic E-state index is 12.2. The third-order valence-electron chi connectivity index (χ3n) is 3.91. The minimum absolute atomic E-state index is 0.252. The van der Waals surface area contributed by atoms with Crippen molar-refractivity contribution in [2.75, 3.05) is 24.7 Å². The Morgan fingerprint density at radius 1 is 1.00 bits per heavy atom. The third kappa shape index (κ3) is 4.01. The Labute approximate surface area is 159 Å². The zero-order valence-corrected chi connectivity index (χ0v) is 15.2. The number of hydrogen-bond donors (Lipinski definition) is 1. The lowest BCUT2D eigenvalue weighted by molar-refractivity contribution is -0.147. The summed E-state index contributed by atoms with van der Waals surface area (Å²) in [6.45, 7) is -1.05. The average molecular weight is 384 g/mol. The number of nitrogens with zero attached hydrogens (tertiary/aromatic N) is 1. The molecule has 0 aliphatic carbocycles. The summed E-state index contributed by atoms with van der Waals surface area (Å²) in [5, 5.41) is 2.66. The molecule has 0 radical (unpaired) electrons. The van der Waals surface area contributed by atoms with Gasteiger partial charge in [0.25, 0.3) is 17.7 Å². The van der Waals surface area contributed by atoms with Gasteiger partial charge in [0.15, 0.2) is 6.61 Å². The maximum Gasteiger partial charge on any atom is 0.326 e. The first-order valence-corrected chi connectivity index (χ1v) is 9.27. The van der Waals surface area contributed by atoms with Crippen molar-refractivity contribution in [3.63, 3.8) is 0 Å². The summed E-state index contributed by atoms with van der Waals surface area (Å²) in [6, 6.07) is 13.6. The van der Waals surface area contributed by atoms with Crippen molar-refractivity contribution in [3.05, 3.63) is 59.7 Å². The molecular formula is C19H16N2O5S. The van der Waals surface area contributed by atoms with Crippen LogP contribution < -0.4 is 5.32 Å². The Balaban J connectivity index is 1.54. The van der Waals surface area contributed by atoms with Crippen LogP contribution in [0.15, 0.2) is 53.4 Å². The van der Waals surface area contributed by atoms with Crippen molar-refractivity contribution in [2.24, 2.45) is 0 Å². The predicted octanol–water partition coefficient (Wildman–Crippen LogP) is 2.19. The number of para-hydroxylation sites is 1. The minimum atomic E-state index is -0.835. The molecule has 7 nitrogen and oxygen atoms in total. The van der Waals surface area contributed by atoms with Gasteiger partial charge in [-0.05, 0) is 30.5 Å². The number of carbonyl (C=O) groups is 4. The first-order chi connectivity index (χ1) is 13.0. The van der Waals surface area contributed by atoms with Crippen LogP contribution in [-0.2, 0) is 14.3 Å². The van der Waals surface area contributed by atoms with Gasteiger partial charge in [-0.1, -0.05) is 24.3 Å². The molecule has 1 aliphatic rings. The summed E-state index contributed by atoms with van der Waals surface area (Å²) in [4.78, 5) is 50.1. The molecule has 0 saturated heterocycles. The average Bonchev–Trinajstić information content (AvgIpc) is 2.92. The molecule has 0 bridgehead atoms. The number of amides is 3. The fourth-order valence-corrected chi connectivity index (χ4v) is 3.19. The van der Waals surface area contributed by atoms with Crippen LogP contribution in [0.3, 0.4) is 0 Å². The highest BCUT2D eigenvalue weighted by atomic mass is 32.2. The van der Waals surface area contributed by atoms with E-state index in [-0.39, 0.29) is 11.1 Å². The van der Waals surface area contributed by atoms with Crippen LogP contribution in [-0.4, -0.2) is 48.0 Å². The lowest BCUT2D eigenvalue weighted by Crippen LogP contribution is -2.36. The van der Waals surface area contributed by atoms with Crippen molar-refractivity contribution in [1.29, 1.82) is 0 Å². The zero-order valence-electron chi connectivity index (χ0n) is 14.4.